The highest BCUT2D eigenvalue weighted by atomic mass is 15.3. The lowest BCUT2D eigenvalue weighted by atomic mass is 10.4. The van der Waals surface area contributed by atoms with Gasteiger partial charge in [0.15, 0.2) is 17.4 Å². The molecule has 0 aliphatic heterocycles. The Labute approximate surface area is 134 Å². The van der Waals surface area contributed by atoms with Gasteiger partial charge in [0.1, 0.15) is 0 Å². The van der Waals surface area contributed by atoms with E-state index in [1.165, 1.54) is 0 Å². The molecule has 0 bridgehead atoms. The van der Waals surface area contributed by atoms with E-state index in [0.717, 1.165) is 36.1 Å². The van der Waals surface area contributed by atoms with Crippen molar-refractivity contribution in [3.05, 3.63) is 48.2 Å². The number of hydrogen-bond donors (Lipinski definition) is 2. The van der Waals surface area contributed by atoms with Gasteiger partial charge in [0.2, 0.25) is 0 Å². The normalized spacial score (nSPS) is 11.8. The highest BCUT2D eigenvalue weighted by Gasteiger charge is 2.05. The van der Waals surface area contributed by atoms with Gasteiger partial charge in [0, 0.05) is 26.0 Å². The summed E-state index contributed by atoms with van der Waals surface area (Å²) in [6, 6.07) is 5.83. The van der Waals surface area contributed by atoms with Crippen molar-refractivity contribution >= 4 is 11.6 Å². The minimum absolute atomic E-state index is 0.547. The van der Waals surface area contributed by atoms with Crippen LogP contribution in [0.1, 0.15) is 11.4 Å². The van der Waals surface area contributed by atoms with Crippen molar-refractivity contribution in [3.8, 4) is 0 Å². The van der Waals surface area contributed by atoms with Crippen LogP contribution in [0.3, 0.4) is 0 Å². The molecule has 3 aromatic rings. The van der Waals surface area contributed by atoms with Crippen LogP contribution in [-0.4, -0.2) is 43.9 Å². The first kappa shape index (κ1) is 15.0. The molecule has 0 saturated heterocycles. The maximum atomic E-state index is 4.25. The number of hydrogen-bond acceptors (Lipinski definition) is 4. The Hall–Kier alpha value is -2.90. The van der Waals surface area contributed by atoms with E-state index < -0.39 is 0 Å². The SMILES string of the molecule is CN=C(NCCn1cc(C)cn1)NCc1nnc2ccccn12. The van der Waals surface area contributed by atoms with E-state index in [-0.39, 0.29) is 0 Å². The average molecular weight is 312 g/mol. The summed E-state index contributed by atoms with van der Waals surface area (Å²) in [6.07, 6.45) is 5.81. The molecule has 23 heavy (non-hydrogen) atoms. The van der Waals surface area contributed by atoms with E-state index in [4.69, 9.17) is 0 Å². The first-order valence-corrected chi connectivity index (χ1v) is 7.48. The smallest absolute Gasteiger partial charge is 0.191 e. The highest BCUT2D eigenvalue weighted by molar-refractivity contribution is 5.79. The molecule has 0 fully saturated rings. The molecule has 3 rings (SSSR count). The van der Waals surface area contributed by atoms with Gasteiger partial charge in [0.25, 0.3) is 0 Å². The van der Waals surface area contributed by atoms with Crippen LogP contribution >= 0.6 is 0 Å². The molecule has 0 spiro atoms. The van der Waals surface area contributed by atoms with Gasteiger partial charge in [-0.2, -0.15) is 5.10 Å². The number of aromatic nitrogens is 5. The third kappa shape index (κ3) is 3.65. The van der Waals surface area contributed by atoms with Crippen LogP contribution in [0, 0.1) is 6.92 Å². The molecule has 0 saturated carbocycles. The first-order chi connectivity index (χ1) is 11.3. The number of nitrogens with zero attached hydrogens (tertiary/aromatic N) is 6. The van der Waals surface area contributed by atoms with E-state index >= 15 is 0 Å². The number of nitrogens with one attached hydrogen (secondary N) is 2. The molecule has 0 aromatic carbocycles. The Kier molecular flexibility index (Phi) is 4.51. The Morgan fingerprint density at radius 1 is 1.26 bits per heavy atom. The van der Waals surface area contributed by atoms with Gasteiger partial charge in [-0.25, -0.2) is 0 Å². The van der Waals surface area contributed by atoms with Crippen molar-refractivity contribution in [1.82, 2.24) is 35.0 Å². The minimum atomic E-state index is 0.547. The van der Waals surface area contributed by atoms with Gasteiger partial charge in [-0.1, -0.05) is 6.07 Å². The van der Waals surface area contributed by atoms with Crippen molar-refractivity contribution in [2.45, 2.75) is 20.0 Å². The zero-order valence-electron chi connectivity index (χ0n) is 13.3. The Bertz CT molecular complexity index is 801. The summed E-state index contributed by atoms with van der Waals surface area (Å²) in [5.74, 6) is 1.56. The highest BCUT2D eigenvalue weighted by Crippen LogP contribution is 2.02. The molecular weight excluding hydrogens is 292 g/mol. The van der Waals surface area contributed by atoms with Crippen LogP contribution in [0.15, 0.2) is 41.8 Å². The number of aliphatic imine (C=N–C) groups is 1. The third-order valence-electron chi connectivity index (χ3n) is 3.42. The summed E-state index contributed by atoms with van der Waals surface area (Å²) in [5, 5.41) is 19.1. The van der Waals surface area contributed by atoms with Gasteiger partial charge in [-0.15, -0.1) is 10.2 Å². The van der Waals surface area contributed by atoms with E-state index in [1.807, 2.05) is 52.8 Å². The fourth-order valence-electron chi connectivity index (χ4n) is 2.27. The lowest BCUT2D eigenvalue weighted by Gasteiger charge is -2.11. The van der Waals surface area contributed by atoms with Crippen molar-refractivity contribution in [1.29, 1.82) is 0 Å². The van der Waals surface area contributed by atoms with Gasteiger partial charge in [-0.05, 0) is 24.6 Å². The van der Waals surface area contributed by atoms with Crippen molar-refractivity contribution in [2.24, 2.45) is 4.99 Å². The standard InChI is InChI=1S/C15H20N8/c1-12-9-19-22(11-12)8-6-17-15(16-2)18-10-14-21-20-13-5-3-4-7-23(13)14/h3-5,7,9,11H,6,8,10H2,1-2H3,(H2,16,17,18). The number of pyridine rings is 1. The van der Waals surface area contributed by atoms with Gasteiger partial charge < -0.3 is 10.6 Å². The fraction of sp³-hybridized carbons (Fsp3) is 0.333. The Morgan fingerprint density at radius 3 is 2.96 bits per heavy atom. The predicted molar refractivity (Wildman–Crippen MR) is 88.2 cm³/mol. The average Bonchev–Trinajstić information content (AvgIpc) is 3.17. The zero-order chi connectivity index (χ0) is 16.1. The van der Waals surface area contributed by atoms with Crippen molar-refractivity contribution in [2.75, 3.05) is 13.6 Å². The summed E-state index contributed by atoms with van der Waals surface area (Å²) in [4.78, 5) is 4.21. The molecule has 120 valence electrons. The van der Waals surface area contributed by atoms with Gasteiger partial charge in [-0.3, -0.25) is 14.1 Å². The summed E-state index contributed by atoms with van der Waals surface area (Å²) >= 11 is 0. The van der Waals surface area contributed by atoms with Crippen LogP contribution in [0.2, 0.25) is 0 Å². The zero-order valence-corrected chi connectivity index (χ0v) is 13.3. The molecule has 0 unspecified atom stereocenters. The Balaban J connectivity index is 1.51. The van der Waals surface area contributed by atoms with Crippen molar-refractivity contribution in [3.63, 3.8) is 0 Å². The van der Waals surface area contributed by atoms with Crippen molar-refractivity contribution < 1.29 is 0 Å². The molecule has 0 radical (unpaired) electrons. The maximum absolute atomic E-state index is 4.25. The van der Waals surface area contributed by atoms with Gasteiger partial charge in [0.05, 0.1) is 19.3 Å². The number of guanidine groups is 1. The first-order valence-electron chi connectivity index (χ1n) is 7.48. The third-order valence-corrected chi connectivity index (χ3v) is 3.42. The maximum Gasteiger partial charge on any atom is 0.191 e. The summed E-state index contributed by atoms with van der Waals surface area (Å²) < 4.78 is 3.86. The second-order valence-electron chi connectivity index (χ2n) is 5.18. The second kappa shape index (κ2) is 6.91. The van der Waals surface area contributed by atoms with Crippen LogP contribution in [-0.2, 0) is 13.1 Å². The molecule has 0 aliphatic carbocycles. The number of rotatable bonds is 5. The molecule has 3 aromatic heterocycles. The van der Waals surface area contributed by atoms with E-state index in [1.54, 1.807) is 7.05 Å². The van der Waals surface area contributed by atoms with Crippen LogP contribution < -0.4 is 10.6 Å². The minimum Gasteiger partial charge on any atom is -0.355 e. The Morgan fingerprint density at radius 2 is 2.17 bits per heavy atom. The summed E-state index contributed by atoms with van der Waals surface area (Å²) in [6.45, 7) is 4.09. The molecule has 2 N–H and O–H groups in total. The molecule has 3 heterocycles. The molecule has 0 aliphatic rings. The van der Waals surface area contributed by atoms with Crippen LogP contribution in [0.5, 0.6) is 0 Å². The summed E-state index contributed by atoms with van der Waals surface area (Å²) in [5.41, 5.74) is 1.99. The quantitative estimate of drug-likeness (QED) is 0.532. The number of aryl methyl sites for hydroxylation is 1. The monoisotopic (exact) mass is 312 g/mol. The van der Waals surface area contributed by atoms with Crippen LogP contribution in [0.4, 0.5) is 0 Å². The molecule has 8 nitrogen and oxygen atoms in total. The van der Waals surface area contributed by atoms with Crippen LogP contribution in [0.25, 0.3) is 5.65 Å². The lowest BCUT2D eigenvalue weighted by Crippen LogP contribution is -2.38. The molecule has 8 heteroatoms. The number of fused-ring (bicyclic) bond motifs is 1. The van der Waals surface area contributed by atoms with E-state index in [9.17, 15) is 0 Å². The largest absolute Gasteiger partial charge is 0.355 e. The van der Waals surface area contributed by atoms with E-state index in [0.29, 0.717) is 6.54 Å². The van der Waals surface area contributed by atoms with Gasteiger partial charge >= 0.3 is 0 Å². The van der Waals surface area contributed by atoms with E-state index in [2.05, 4.69) is 30.9 Å². The molecular formula is C15H20N8. The predicted octanol–water partition coefficient (Wildman–Crippen LogP) is 0.599. The second-order valence-corrected chi connectivity index (χ2v) is 5.18. The molecule has 0 amide bonds. The lowest BCUT2D eigenvalue weighted by molar-refractivity contribution is 0.596. The summed E-state index contributed by atoms with van der Waals surface area (Å²) in [7, 11) is 1.75. The molecule has 0 atom stereocenters. The topological polar surface area (TPSA) is 84.4 Å². The fourth-order valence-corrected chi connectivity index (χ4v) is 2.27.